The number of benzene rings is 1. The van der Waals surface area contributed by atoms with Crippen molar-refractivity contribution < 1.29 is 5.11 Å². The number of aryl methyl sites for hydroxylation is 1. The van der Waals surface area contributed by atoms with Crippen LogP contribution in [-0.4, -0.2) is 23.8 Å². The molecule has 0 saturated heterocycles. The summed E-state index contributed by atoms with van der Waals surface area (Å²) in [6, 6.07) is 6.48. The Labute approximate surface area is 90.3 Å². The van der Waals surface area contributed by atoms with Gasteiger partial charge in [0.2, 0.25) is 0 Å². The molecule has 0 saturated carbocycles. The summed E-state index contributed by atoms with van der Waals surface area (Å²) in [4.78, 5) is 0. The minimum Gasteiger partial charge on any atom is -0.395 e. The van der Waals surface area contributed by atoms with Crippen LogP contribution < -0.4 is 11.1 Å². The number of aliphatic hydroxyl groups excluding tert-OH is 1. The van der Waals surface area contributed by atoms with Crippen molar-refractivity contribution in [2.45, 2.75) is 31.8 Å². The van der Waals surface area contributed by atoms with E-state index < -0.39 is 0 Å². The molecule has 1 heterocycles. The zero-order chi connectivity index (χ0) is 10.8. The molecule has 0 bridgehead atoms. The smallest absolute Gasteiger partial charge is 0.0602 e. The molecule has 4 N–H and O–H groups in total. The van der Waals surface area contributed by atoms with E-state index in [1.165, 1.54) is 16.8 Å². The van der Waals surface area contributed by atoms with Crippen molar-refractivity contribution in [1.29, 1.82) is 0 Å². The fourth-order valence-electron chi connectivity index (χ4n) is 2.05. The molecule has 0 radical (unpaired) electrons. The van der Waals surface area contributed by atoms with E-state index in [0.29, 0.717) is 0 Å². The summed E-state index contributed by atoms with van der Waals surface area (Å²) >= 11 is 0. The Balaban J connectivity index is 2.16. The van der Waals surface area contributed by atoms with Gasteiger partial charge in [0.25, 0.3) is 0 Å². The average Bonchev–Trinajstić information content (AvgIpc) is 2.70. The van der Waals surface area contributed by atoms with Gasteiger partial charge in [0.05, 0.1) is 6.61 Å². The van der Waals surface area contributed by atoms with Crippen molar-refractivity contribution in [2.75, 3.05) is 11.9 Å². The zero-order valence-corrected chi connectivity index (χ0v) is 9.03. The van der Waals surface area contributed by atoms with Crippen LogP contribution in [0.15, 0.2) is 18.2 Å². The predicted molar refractivity (Wildman–Crippen MR) is 62.0 cm³/mol. The van der Waals surface area contributed by atoms with Crippen molar-refractivity contribution >= 4 is 5.69 Å². The Morgan fingerprint density at radius 3 is 3.07 bits per heavy atom. The van der Waals surface area contributed by atoms with Crippen molar-refractivity contribution in [2.24, 2.45) is 5.73 Å². The lowest BCUT2D eigenvalue weighted by Gasteiger charge is -2.17. The third-order valence-corrected chi connectivity index (χ3v) is 3.09. The fraction of sp³-hybridized carbons (Fsp3) is 0.500. The average molecular weight is 206 g/mol. The maximum absolute atomic E-state index is 9.01. The summed E-state index contributed by atoms with van der Waals surface area (Å²) in [7, 11) is 0. The Hall–Kier alpha value is -1.06. The molecule has 2 rings (SSSR count). The van der Waals surface area contributed by atoms with E-state index in [9.17, 15) is 0 Å². The van der Waals surface area contributed by atoms with E-state index in [4.69, 9.17) is 10.8 Å². The van der Waals surface area contributed by atoms with Crippen LogP contribution in [0.2, 0.25) is 0 Å². The first kappa shape index (κ1) is 10.5. The van der Waals surface area contributed by atoms with Crippen molar-refractivity contribution in [3.63, 3.8) is 0 Å². The van der Waals surface area contributed by atoms with Crippen molar-refractivity contribution in [3.05, 3.63) is 29.3 Å². The van der Waals surface area contributed by atoms with Gasteiger partial charge in [0, 0.05) is 17.8 Å². The molecule has 2 unspecified atom stereocenters. The lowest BCUT2D eigenvalue weighted by atomic mass is 10.0. The molecule has 0 aliphatic carbocycles. The summed E-state index contributed by atoms with van der Waals surface area (Å²) < 4.78 is 0. The molecular formula is C12H18N2O. The van der Waals surface area contributed by atoms with Crippen LogP contribution in [0.3, 0.4) is 0 Å². The first-order chi connectivity index (χ1) is 7.24. The van der Waals surface area contributed by atoms with Crippen LogP contribution in [0.4, 0.5) is 5.69 Å². The number of fused-ring (bicyclic) bond motifs is 1. The Bertz CT molecular complexity index is 351. The molecule has 0 spiro atoms. The Morgan fingerprint density at radius 1 is 1.60 bits per heavy atom. The van der Waals surface area contributed by atoms with Crippen LogP contribution in [-0.2, 0) is 12.8 Å². The van der Waals surface area contributed by atoms with Gasteiger partial charge in [-0.1, -0.05) is 19.1 Å². The predicted octanol–water partition coefficient (Wildman–Crippen LogP) is 0.905. The highest BCUT2D eigenvalue weighted by atomic mass is 16.3. The topological polar surface area (TPSA) is 58.3 Å². The van der Waals surface area contributed by atoms with Crippen LogP contribution in [0, 0.1) is 0 Å². The first-order valence-electron chi connectivity index (χ1n) is 5.49. The molecule has 2 atom stereocenters. The van der Waals surface area contributed by atoms with E-state index >= 15 is 0 Å². The van der Waals surface area contributed by atoms with Gasteiger partial charge in [-0.2, -0.15) is 0 Å². The molecule has 0 aromatic heterocycles. The fourth-order valence-corrected chi connectivity index (χ4v) is 2.05. The second-order valence-corrected chi connectivity index (χ2v) is 4.15. The van der Waals surface area contributed by atoms with Gasteiger partial charge in [0.15, 0.2) is 0 Å². The molecule has 82 valence electrons. The number of rotatable bonds is 3. The number of aliphatic hydroxyl groups is 1. The minimum atomic E-state index is -0.178. The molecule has 1 aromatic carbocycles. The summed E-state index contributed by atoms with van der Waals surface area (Å²) in [5.74, 6) is 0. The van der Waals surface area contributed by atoms with E-state index in [-0.39, 0.29) is 18.7 Å². The highest BCUT2D eigenvalue weighted by Gasteiger charge is 2.25. The van der Waals surface area contributed by atoms with E-state index in [2.05, 4.69) is 30.4 Å². The standard InChI is InChI=1S/C12H18N2O/c1-2-8-3-4-11-9(5-8)6-12(14-11)10(13)7-15/h3-5,10,12,14-15H,2,6-7,13H2,1H3. The van der Waals surface area contributed by atoms with Gasteiger partial charge in [-0.3, -0.25) is 0 Å². The quantitative estimate of drug-likeness (QED) is 0.689. The monoisotopic (exact) mass is 206 g/mol. The molecule has 1 aliphatic heterocycles. The normalized spacial score (nSPS) is 20.9. The third kappa shape index (κ3) is 1.98. The number of hydrogen-bond acceptors (Lipinski definition) is 3. The maximum atomic E-state index is 9.01. The Morgan fingerprint density at radius 2 is 2.40 bits per heavy atom. The minimum absolute atomic E-state index is 0.0340. The summed E-state index contributed by atoms with van der Waals surface area (Å²) in [5.41, 5.74) is 9.66. The number of nitrogens with one attached hydrogen (secondary N) is 1. The van der Waals surface area contributed by atoms with Crippen LogP contribution >= 0.6 is 0 Å². The molecule has 1 aromatic rings. The largest absolute Gasteiger partial charge is 0.395 e. The first-order valence-corrected chi connectivity index (χ1v) is 5.49. The number of nitrogens with two attached hydrogens (primary N) is 1. The third-order valence-electron chi connectivity index (χ3n) is 3.09. The molecule has 0 fully saturated rings. The van der Waals surface area contributed by atoms with E-state index in [1.54, 1.807) is 0 Å². The molecular weight excluding hydrogens is 188 g/mol. The molecule has 15 heavy (non-hydrogen) atoms. The summed E-state index contributed by atoms with van der Waals surface area (Å²) in [6.45, 7) is 2.19. The van der Waals surface area contributed by atoms with Gasteiger partial charge < -0.3 is 16.2 Å². The molecule has 1 aliphatic rings. The lowest BCUT2D eigenvalue weighted by molar-refractivity contribution is 0.254. The maximum Gasteiger partial charge on any atom is 0.0602 e. The van der Waals surface area contributed by atoms with E-state index in [1.807, 2.05) is 0 Å². The van der Waals surface area contributed by atoms with Crippen LogP contribution in [0.25, 0.3) is 0 Å². The van der Waals surface area contributed by atoms with Gasteiger partial charge in [-0.25, -0.2) is 0 Å². The zero-order valence-electron chi connectivity index (χ0n) is 9.03. The van der Waals surface area contributed by atoms with Crippen LogP contribution in [0.5, 0.6) is 0 Å². The highest BCUT2D eigenvalue weighted by Crippen LogP contribution is 2.27. The van der Waals surface area contributed by atoms with E-state index in [0.717, 1.165) is 12.8 Å². The van der Waals surface area contributed by atoms with Crippen molar-refractivity contribution in [3.8, 4) is 0 Å². The summed E-state index contributed by atoms with van der Waals surface area (Å²) in [5, 5.41) is 12.4. The number of anilines is 1. The second kappa shape index (κ2) is 4.21. The highest BCUT2D eigenvalue weighted by molar-refractivity contribution is 5.58. The summed E-state index contributed by atoms with van der Waals surface area (Å²) in [6.07, 6.45) is 1.98. The lowest BCUT2D eigenvalue weighted by Crippen LogP contribution is -2.41. The van der Waals surface area contributed by atoms with Gasteiger partial charge in [0.1, 0.15) is 0 Å². The van der Waals surface area contributed by atoms with Crippen molar-refractivity contribution in [1.82, 2.24) is 0 Å². The molecule has 0 amide bonds. The molecule has 3 heteroatoms. The molecule has 3 nitrogen and oxygen atoms in total. The SMILES string of the molecule is CCc1ccc2c(c1)CC(C(N)CO)N2. The van der Waals surface area contributed by atoms with Gasteiger partial charge in [-0.15, -0.1) is 0 Å². The van der Waals surface area contributed by atoms with Gasteiger partial charge >= 0.3 is 0 Å². The van der Waals surface area contributed by atoms with Crippen LogP contribution in [0.1, 0.15) is 18.1 Å². The Kier molecular flexibility index (Phi) is 2.93. The second-order valence-electron chi connectivity index (χ2n) is 4.15. The van der Waals surface area contributed by atoms with Gasteiger partial charge in [-0.05, 0) is 30.0 Å². The number of hydrogen-bond donors (Lipinski definition) is 3.